The monoisotopic (exact) mass is 210 g/mol. The van der Waals surface area contributed by atoms with E-state index in [-0.39, 0.29) is 0 Å². The Morgan fingerprint density at radius 3 is 2.33 bits per heavy atom. The van der Waals surface area contributed by atoms with Gasteiger partial charge in [-0.15, -0.1) is 0 Å². The fourth-order valence-electron chi connectivity index (χ4n) is 0.417. The van der Waals surface area contributed by atoms with E-state index in [1.165, 1.54) is 0 Å². The second-order valence-electron chi connectivity index (χ2n) is 2.74. The molecule has 0 aromatic heterocycles. The van der Waals surface area contributed by atoms with Gasteiger partial charge in [0.2, 0.25) is 0 Å². The van der Waals surface area contributed by atoms with Gasteiger partial charge in [0.25, 0.3) is 0 Å². The van der Waals surface area contributed by atoms with Gasteiger partial charge in [0.05, 0.1) is 0 Å². The predicted octanol–water partition coefficient (Wildman–Crippen LogP) is 2.55. The summed E-state index contributed by atoms with van der Waals surface area (Å²) in [6, 6.07) is 0. The van der Waals surface area contributed by atoms with Crippen LogP contribution in [0.3, 0.4) is 0 Å². The third kappa shape index (κ3) is 5.12. The van der Waals surface area contributed by atoms with Crippen molar-refractivity contribution >= 4 is 24.2 Å². The highest BCUT2D eigenvalue weighted by atomic mass is 79.9. The Bertz CT molecular complexity index is 75.5. The first-order valence-corrected chi connectivity index (χ1v) is 7.56. The summed E-state index contributed by atoms with van der Waals surface area (Å²) in [5.41, 5.74) is 0. The Labute approximate surface area is 67.0 Å². The molecule has 56 valence electrons. The summed E-state index contributed by atoms with van der Waals surface area (Å²) in [5, 5.41) is 0. The van der Waals surface area contributed by atoms with Crippen LogP contribution in [0.1, 0.15) is 13.3 Å². The van der Waals surface area contributed by atoms with Gasteiger partial charge in [-0.2, -0.15) is 0 Å². The van der Waals surface area contributed by atoms with E-state index in [0.717, 1.165) is 18.0 Å². The first-order valence-electron chi connectivity index (χ1n) is 3.32. The molecular formula is C6H15BrOSi. The Morgan fingerprint density at radius 1 is 1.44 bits per heavy atom. The van der Waals surface area contributed by atoms with Crippen LogP contribution in [0.4, 0.5) is 0 Å². The summed E-state index contributed by atoms with van der Waals surface area (Å²) in [6.07, 6.45) is 1.13. The van der Waals surface area contributed by atoms with Crippen LogP contribution in [0, 0.1) is 0 Å². The van der Waals surface area contributed by atoms with Crippen molar-refractivity contribution in [1.82, 2.24) is 0 Å². The summed E-state index contributed by atoms with van der Waals surface area (Å²) in [5.74, 6) is 0. The third-order valence-electron chi connectivity index (χ3n) is 1.02. The third-order valence-corrected chi connectivity index (χ3v) is 6.70. The molecule has 0 aromatic carbocycles. The first-order chi connectivity index (χ1) is 4.12. The molecule has 0 fully saturated rings. The molecule has 1 nitrogen and oxygen atoms in total. The summed E-state index contributed by atoms with van der Waals surface area (Å²) >= 11 is 3.44. The fourth-order valence-corrected chi connectivity index (χ4v) is 1.74. The molecule has 0 aliphatic rings. The summed E-state index contributed by atoms with van der Waals surface area (Å²) in [7, 11) is -1.28. The highest BCUT2D eigenvalue weighted by molar-refractivity contribution is 9.09. The number of hydrogen-bond acceptors (Lipinski definition) is 1. The van der Waals surface area contributed by atoms with Gasteiger partial charge in [0, 0.05) is 11.6 Å². The zero-order chi connectivity index (χ0) is 7.33. The lowest BCUT2D eigenvalue weighted by molar-refractivity contribution is 0.311. The zero-order valence-electron chi connectivity index (χ0n) is 6.41. The van der Waals surface area contributed by atoms with E-state index in [2.05, 4.69) is 35.9 Å². The van der Waals surface area contributed by atoms with Gasteiger partial charge >= 0.3 is 0 Å². The van der Waals surface area contributed by atoms with Gasteiger partial charge in [-0.3, -0.25) is 0 Å². The maximum atomic E-state index is 5.62. The highest BCUT2D eigenvalue weighted by Gasteiger charge is 2.19. The van der Waals surface area contributed by atoms with E-state index >= 15 is 0 Å². The Morgan fingerprint density at radius 2 is 2.00 bits per heavy atom. The summed E-state index contributed by atoms with van der Waals surface area (Å²) in [6.45, 7) is 7.50. The maximum Gasteiger partial charge on any atom is 0.197 e. The van der Waals surface area contributed by atoms with Crippen LogP contribution in [-0.2, 0) is 4.43 Å². The lowest BCUT2D eigenvalue weighted by Crippen LogP contribution is -2.33. The first kappa shape index (κ1) is 9.66. The smallest absolute Gasteiger partial charge is 0.197 e. The average Bonchev–Trinajstić information content (AvgIpc) is 1.84. The Hall–Kier alpha value is 0.657. The van der Waals surface area contributed by atoms with E-state index in [0.29, 0.717) is 0 Å². The molecule has 0 aliphatic carbocycles. The van der Waals surface area contributed by atoms with Gasteiger partial charge in [0.15, 0.2) is 8.32 Å². The number of halogens is 1. The number of rotatable bonds is 4. The standard InChI is InChI=1S/C6H15BrOSi/c1-4-5-8-9(2,3)6-7/h4-6H2,1-3H3. The van der Waals surface area contributed by atoms with E-state index < -0.39 is 8.32 Å². The van der Waals surface area contributed by atoms with Gasteiger partial charge in [-0.05, 0) is 19.5 Å². The van der Waals surface area contributed by atoms with Gasteiger partial charge in [-0.25, -0.2) is 0 Å². The minimum atomic E-state index is -1.28. The van der Waals surface area contributed by atoms with Crippen LogP contribution >= 0.6 is 15.9 Å². The predicted molar refractivity (Wildman–Crippen MR) is 47.5 cm³/mol. The molecule has 0 saturated heterocycles. The quantitative estimate of drug-likeness (QED) is 0.513. The largest absolute Gasteiger partial charge is 0.417 e. The average molecular weight is 211 g/mol. The zero-order valence-corrected chi connectivity index (χ0v) is 8.99. The van der Waals surface area contributed by atoms with Crippen LogP contribution < -0.4 is 0 Å². The van der Waals surface area contributed by atoms with Gasteiger partial charge in [-0.1, -0.05) is 22.9 Å². The Kier molecular flexibility index (Phi) is 4.80. The van der Waals surface area contributed by atoms with Crippen molar-refractivity contribution in [3.05, 3.63) is 0 Å². The van der Waals surface area contributed by atoms with Crippen molar-refractivity contribution in [3.8, 4) is 0 Å². The molecule has 0 spiro atoms. The SMILES string of the molecule is CCCO[Si](C)(C)CBr. The summed E-state index contributed by atoms with van der Waals surface area (Å²) in [4.78, 5) is 1.04. The molecule has 0 saturated carbocycles. The molecule has 0 N–H and O–H groups in total. The van der Waals surface area contributed by atoms with Gasteiger partial charge in [0.1, 0.15) is 0 Å². The normalized spacial score (nSPS) is 12.0. The number of alkyl halides is 1. The van der Waals surface area contributed by atoms with Crippen molar-refractivity contribution < 1.29 is 4.43 Å². The molecule has 9 heavy (non-hydrogen) atoms. The lowest BCUT2D eigenvalue weighted by atomic mass is 10.5. The molecule has 0 atom stereocenters. The molecule has 3 heteroatoms. The van der Waals surface area contributed by atoms with Crippen LogP contribution in [0.2, 0.25) is 13.1 Å². The molecule has 0 heterocycles. The van der Waals surface area contributed by atoms with Crippen LogP contribution in [0.15, 0.2) is 0 Å². The summed E-state index contributed by atoms with van der Waals surface area (Å²) < 4.78 is 5.62. The second-order valence-corrected chi connectivity index (χ2v) is 8.50. The van der Waals surface area contributed by atoms with Crippen LogP contribution in [-0.4, -0.2) is 19.9 Å². The number of hydrogen-bond donors (Lipinski definition) is 0. The maximum absolute atomic E-state index is 5.62. The second kappa shape index (κ2) is 4.47. The molecule has 0 bridgehead atoms. The molecule has 0 aliphatic heterocycles. The minimum Gasteiger partial charge on any atom is -0.417 e. The van der Waals surface area contributed by atoms with Crippen molar-refractivity contribution in [2.45, 2.75) is 26.4 Å². The van der Waals surface area contributed by atoms with E-state index in [1.807, 2.05) is 0 Å². The van der Waals surface area contributed by atoms with Crippen molar-refractivity contribution in [2.24, 2.45) is 0 Å². The van der Waals surface area contributed by atoms with Gasteiger partial charge < -0.3 is 4.43 Å². The minimum absolute atomic E-state index is 0.921. The Balaban J connectivity index is 3.33. The van der Waals surface area contributed by atoms with E-state index in [4.69, 9.17) is 4.43 Å². The lowest BCUT2D eigenvalue weighted by Gasteiger charge is -2.18. The molecule has 0 rings (SSSR count). The van der Waals surface area contributed by atoms with E-state index in [1.54, 1.807) is 0 Å². The van der Waals surface area contributed by atoms with Crippen LogP contribution in [0.25, 0.3) is 0 Å². The molecular weight excluding hydrogens is 196 g/mol. The van der Waals surface area contributed by atoms with Crippen molar-refractivity contribution in [2.75, 3.05) is 11.6 Å². The molecule has 0 radical (unpaired) electrons. The van der Waals surface area contributed by atoms with E-state index in [9.17, 15) is 0 Å². The van der Waals surface area contributed by atoms with Crippen molar-refractivity contribution in [3.63, 3.8) is 0 Å². The molecule has 0 unspecified atom stereocenters. The molecule has 0 amide bonds. The fraction of sp³-hybridized carbons (Fsp3) is 1.00. The topological polar surface area (TPSA) is 9.23 Å². The van der Waals surface area contributed by atoms with Crippen molar-refractivity contribution in [1.29, 1.82) is 0 Å². The molecule has 0 aromatic rings. The highest BCUT2D eigenvalue weighted by Crippen LogP contribution is 2.07. The van der Waals surface area contributed by atoms with Crippen LogP contribution in [0.5, 0.6) is 0 Å².